The number of urea groups is 1. The maximum atomic E-state index is 11.6. The molecule has 0 unspecified atom stereocenters. The van der Waals surface area contributed by atoms with Crippen LogP contribution in [0.2, 0.25) is 0 Å². The summed E-state index contributed by atoms with van der Waals surface area (Å²) in [7, 11) is -3.21. The molecule has 1 fully saturated rings. The second kappa shape index (κ2) is 5.93. The van der Waals surface area contributed by atoms with Gasteiger partial charge in [0.05, 0.1) is 4.90 Å². The lowest BCUT2D eigenvalue weighted by atomic mass is 10.0. The van der Waals surface area contributed by atoms with E-state index < -0.39 is 9.84 Å². The van der Waals surface area contributed by atoms with Gasteiger partial charge in [-0.15, -0.1) is 0 Å². The minimum Gasteiger partial charge on any atom is -0.382 e. The Morgan fingerprint density at radius 1 is 1.33 bits per heavy atom. The molecule has 0 saturated carbocycles. The van der Waals surface area contributed by atoms with Gasteiger partial charge in [-0.2, -0.15) is 0 Å². The number of nitrogens with two attached hydrogens (primary N) is 1. The van der Waals surface area contributed by atoms with Crippen LogP contribution in [0.1, 0.15) is 18.4 Å². The van der Waals surface area contributed by atoms with Crippen molar-refractivity contribution in [1.29, 1.82) is 0 Å². The van der Waals surface area contributed by atoms with Crippen molar-refractivity contribution in [2.24, 2.45) is 5.73 Å². The Morgan fingerprint density at radius 3 is 2.48 bits per heavy atom. The number of carbonyl (C=O) groups is 1. The SMILES string of the molecule is Cc1ccc(S(C)(=O)=O)cc1NC1CCN(C(N)=O)CC1. The maximum absolute atomic E-state index is 11.6. The van der Waals surface area contributed by atoms with E-state index in [0.717, 1.165) is 24.1 Å². The van der Waals surface area contributed by atoms with Gasteiger partial charge in [0.1, 0.15) is 0 Å². The third kappa shape index (κ3) is 3.87. The molecule has 1 aliphatic rings. The lowest BCUT2D eigenvalue weighted by molar-refractivity contribution is 0.193. The average molecular weight is 311 g/mol. The molecule has 21 heavy (non-hydrogen) atoms. The first-order valence-corrected chi connectivity index (χ1v) is 8.78. The van der Waals surface area contributed by atoms with Crippen LogP contribution in [-0.4, -0.2) is 44.7 Å². The van der Waals surface area contributed by atoms with Crippen LogP contribution in [0.3, 0.4) is 0 Å². The standard InChI is InChI=1S/C14H21N3O3S/c1-10-3-4-12(21(2,19)20)9-13(10)16-11-5-7-17(8-6-11)14(15)18/h3-4,9,11,16H,5-8H2,1-2H3,(H2,15,18). The van der Waals surface area contributed by atoms with E-state index in [0.29, 0.717) is 18.0 Å². The number of anilines is 1. The fourth-order valence-corrected chi connectivity index (χ4v) is 3.10. The summed E-state index contributed by atoms with van der Waals surface area (Å²) in [5.74, 6) is 0. The van der Waals surface area contributed by atoms with Crippen LogP contribution < -0.4 is 11.1 Å². The Hall–Kier alpha value is -1.76. The second-order valence-corrected chi connectivity index (χ2v) is 7.51. The molecule has 0 spiro atoms. The zero-order chi connectivity index (χ0) is 15.6. The van der Waals surface area contributed by atoms with Gasteiger partial charge < -0.3 is 16.0 Å². The largest absolute Gasteiger partial charge is 0.382 e. The Kier molecular flexibility index (Phi) is 4.41. The Morgan fingerprint density at radius 2 is 1.95 bits per heavy atom. The number of likely N-dealkylation sites (tertiary alicyclic amines) is 1. The van der Waals surface area contributed by atoms with Gasteiger partial charge in [0.25, 0.3) is 0 Å². The van der Waals surface area contributed by atoms with Crippen LogP contribution in [0.25, 0.3) is 0 Å². The zero-order valence-electron chi connectivity index (χ0n) is 12.3. The van der Waals surface area contributed by atoms with Crippen molar-refractivity contribution in [3.8, 4) is 0 Å². The van der Waals surface area contributed by atoms with E-state index >= 15 is 0 Å². The van der Waals surface area contributed by atoms with Crippen molar-refractivity contribution in [2.75, 3.05) is 24.7 Å². The van der Waals surface area contributed by atoms with Crippen molar-refractivity contribution in [1.82, 2.24) is 4.90 Å². The highest BCUT2D eigenvalue weighted by Crippen LogP contribution is 2.23. The third-order valence-electron chi connectivity index (χ3n) is 3.80. The molecule has 0 radical (unpaired) electrons. The summed E-state index contributed by atoms with van der Waals surface area (Å²) in [6, 6.07) is 4.92. The monoisotopic (exact) mass is 311 g/mol. The smallest absolute Gasteiger partial charge is 0.314 e. The number of aryl methyl sites for hydroxylation is 1. The van der Waals surface area contributed by atoms with Crippen LogP contribution in [0, 0.1) is 6.92 Å². The van der Waals surface area contributed by atoms with Gasteiger partial charge in [-0.1, -0.05) is 6.07 Å². The van der Waals surface area contributed by atoms with Gasteiger partial charge in [0.15, 0.2) is 9.84 Å². The van der Waals surface area contributed by atoms with Gasteiger partial charge in [0.2, 0.25) is 0 Å². The summed E-state index contributed by atoms with van der Waals surface area (Å²) in [5.41, 5.74) is 7.09. The molecule has 3 N–H and O–H groups in total. The lowest BCUT2D eigenvalue weighted by Gasteiger charge is -2.32. The van der Waals surface area contributed by atoms with E-state index in [4.69, 9.17) is 5.73 Å². The highest BCUT2D eigenvalue weighted by Gasteiger charge is 2.21. The molecule has 0 aromatic heterocycles. The number of hydrogen-bond acceptors (Lipinski definition) is 4. The number of primary amides is 1. The average Bonchev–Trinajstić information content (AvgIpc) is 2.40. The van der Waals surface area contributed by atoms with Crippen molar-refractivity contribution in [3.63, 3.8) is 0 Å². The molecule has 1 aliphatic heterocycles. The number of nitrogens with one attached hydrogen (secondary N) is 1. The van der Waals surface area contributed by atoms with E-state index in [-0.39, 0.29) is 12.1 Å². The number of carbonyl (C=O) groups excluding carboxylic acids is 1. The third-order valence-corrected chi connectivity index (χ3v) is 4.91. The predicted molar refractivity (Wildman–Crippen MR) is 82.1 cm³/mol. The fraction of sp³-hybridized carbons (Fsp3) is 0.500. The fourth-order valence-electron chi connectivity index (χ4n) is 2.45. The highest BCUT2D eigenvalue weighted by molar-refractivity contribution is 7.90. The van der Waals surface area contributed by atoms with Crippen molar-refractivity contribution in [3.05, 3.63) is 23.8 Å². The summed E-state index contributed by atoms with van der Waals surface area (Å²) in [4.78, 5) is 13.0. The van der Waals surface area contributed by atoms with Gasteiger partial charge in [0, 0.05) is 31.1 Å². The number of hydrogen-bond donors (Lipinski definition) is 2. The van der Waals surface area contributed by atoms with Crippen LogP contribution in [0.15, 0.2) is 23.1 Å². The number of benzene rings is 1. The number of piperidine rings is 1. The summed E-state index contributed by atoms with van der Waals surface area (Å²) in [6.07, 6.45) is 2.80. The van der Waals surface area contributed by atoms with E-state index in [9.17, 15) is 13.2 Å². The van der Waals surface area contributed by atoms with Crippen LogP contribution in [0.4, 0.5) is 10.5 Å². The van der Waals surface area contributed by atoms with Gasteiger partial charge in [-0.3, -0.25) is 0 Å². The molecule has 116 valence electrons. The minimum absolute atomic E-state index is 0.217. The summed E-state index contributed by atoms with van der Waals surface area (Å²) < 4.78 is 23.2. The Balaban J connectivity index is 2.09. The molecule has 0 bridgehead atoms. The second-order valence-electron chi connectivity index (χ2n) is 5.49. The molecular formula is C14H21N3O3S. The van der Waals surface area contributed by atoms with E-state index in [2.05, 4.69) is 5.32 Å². The van der Waals surface area contributed by atoms with Gasteiger partial charge >= 0.3 is 6.03 Å². The summed E-state index contributed by atoms with van der Waals surface area (Å²) in [5, 5.41) is 3.38. The zero-order valence-corrected chi connectivity index (χ0v) is 13.1. The maximum Gasteiger partial charge on any atom is 0.314 e. The minimum atomic E-state index is -3.21. The molecule has 1 heterocycles. The Labute approximate surface area is 125 Å². The molecule has 6 nitrogen and oxygen atoms in total. The molecule has 2 amide bonds. The first kappa shape index (κ1) is 15.6. The first-order chi connectivity index (χ1) is 9.77. The number of sulfone groups is 1. The van der Waals surface area contributed by atoms with Crippen molar-refractivity contribution in [2.45, 2.75) is 30.7 Å². The molecule has 1 saturated heterocycles. The van der Waals surface area contributed by atoms with Gasteiger partial charge in [-0.25, -0.2) is 13.2 Å². The normalized spacial score (nSPS) is 16.8. The van der Waals surface area contributed by atoms with Crippen LogP contribution in [0.5, 0.6) is 0 Å². The van der Waals surface area contributed by atoms with E-state index in [1.54, 1.807) is 23.1 Å². The molecule has 1 aromatic carbocycles. The quantitative estimate of drug-likeness (QED) is 0.881. The lowest BCUT2D eigenvalue weighted by Crippen LogP contribution is -2.44. The molecule has 1 aromatic rings. The molecule has 0 aliphatic carbocycles. The molecular weight excluding hydrogens is 290 g/mol. The predicted octanol–water partition coefficient (Wildman–Crippen LogP) is 1.35. The van der Waals surface area contributed by atoms with E-state index in [1.165, 1.54) is 6.26 Å². The summed E-state index contributed by atoms with van der Waals surface area (Å²) in [6.45, 7) is 3.18. The molecule has 2 rings (SSSR count). The van der Waals surface area contributed by atoms with Crippen molar-refractivity contribution >= 4 is 21.6 Å². The molecule has 0 atom stereocenters. The van der Waals surface area contributed by atoms with Gasteiger partial charge in [-0.05, 0) is 37.5 Å². The van der Waals surface area contributed by atoms with E-state index in [1.807, 2.05) is 6.92 Å². The van der Waals surface area contributed by atoms with Crippen LogP contribution in [-0.2, 0) is 9.84 Å². The highest BCUT2D eigenvalue weighted by atomic mass is 32.2. The topological polar surface area (TPSA) is 92.5 Å². The Bertz CT molecular complexity index is 635. The summed E-state index contributed by atoms with van der Waals surface area (Å²) >= 11 is 0. The number of nitrogens with zero attached hydrogens (tertiary/aromatic N) is 1. The number of rotatable bonds is 3. The first-order valence-electron chi connectivity index (χ1n) is 6.89. The van der Waals surface area contributed by atoms with Crippen molar-refractivity contribution < 1.29 is 13.2 Å². The van der Waals surface area contributed by atoms with Crippen LogP contribution >= 0.6 is 0 Å². The molecule has 7 heteroatoms. The number of amides is 2.